The lowest BCUT2D eigenvalue weighted by Gasteiger charge is -2.25. The van der Waals surface area contributed by atoms with Crippen LogP contribution in [0, 0.1) is 0 Å². The number of carbonyl (C=O) groups excluding carboxylic acids is 1. The van der Waals surface area contributed by atoms with Gasteiger partial charge in [0.25, 0.3) is 0 Å². The van der Waals surface area contributed by atoms with E-state index in [9.17, 15) is 18.3 Å². The minimum absolute atomic E-state index is 0.0148. The first-order valence-corrected chi connectivity index (χ1v) is 11.8. The van der Waals surface area contributed by atoms with Crippen molar-refractivity contribution < 1.29 is 18.3 Å². The lowest BCUT2D eigenvalue weighted by atomic mass is 10.2. The van der Waals surface area contributed by atoms with Crippen molar-refractivity contribution in [1.82, 2.24) is 13.9 Å². The molecule has 2 aromatic carbocycles. The number of anilines is 1. The number of hydrogen-bond acceptors (Lipinski definition) is 5. The summed E-state index contributed by atoms with van der Waals surface area (Å²) in [5.74, 6) is 0.470. The van der Waals surface area contributed by atoms with E-state index in [1.165, 1.54) is 6.07 Å². The number of aromatic hydroxyl groups is 1. The number of para-hydroxylation sites is 2. The third-order valence-electron chi connectivity index (χ3n) is 5.65. The zero-order valence-corrected chi connectivity index (χ0v) is 18.2. The molecule has 0 saturated carbocycles. The summed E-state index contributed by atoms with van der Waals surface area (Å²) in [6.07, 6.45) is 3.41. The standard InChI is InChI=1S/C22H26N4O4S/c1-25-19-10-9-16(31(29,30)26-13-5-2-6-14-26)15-18(19)23-21(25)11-12-22(28)24-17-7-3-4-8-20(17)27/h3-4,7-10,15,27H,2,5-6,11-14H2,1H3,(H,24,28). The number of rotatable bonds is 6. The van der Waals surface area contributed by atoms with E-state index in [1.54, 1.807) is 40.7 Å². The molecule has 0 atom stereocenters. The molecule has 1 amide bonds. The number of nitrogens with one attached hydrogen (secondary N) is 1. The number of aromatic nitrogens is 2. The van der Waals surface area contributed by atoms with Crippen molar-refractivity contribution in [2.75, 3.05) is 18.4 Å². The monoisotopic (exact) mass is 442 g/mol. The number of phenols is 1. The predicted octanol–water partition coefficient (Wildman–Crippen LogP) is 3.02. The molecule has 9 heteroatoms. The second-order valence-electron chi connectivity index (χ2n) is 7.77. The maximum atomic E-state index is 13.0. The van der Waals surface area contributed by atoms with Crippen molar-refractivity contribution in [2.24, 2.45) is 7.05 Å². The molecule has 31 heavy (non-hydrogen) atoms. The van der Waals surface area contributed by atoms with Crippen molar-refractivity contribution in [3.05, 3.63) is 48.3 Å². The number of hydrogen-bond donors (Lipinski definition) is 2. The number of fused-ring (bicyclic) bond motifs is 1. The number of nitrogens with zero attached hydrogens (tertiary/aromatic N) is 3. The van der Waals surface area contributed by atoms with Crippen molar-refractivity contribution in [1.29, 1.82) is 0 Å². The van der Waals surface area contributed by atoms with Gasteiger partial charge in [0.15, 0.2) is 0 Å². The zero-order valence-electron chi connectivity index (χ0n) is 17.4. The van der Waals surface area contributed by atoms with Crippen LogP contribution in [0.15, 0.2) is 47.4 Å². The SMILES string of the molecule is Cn1c(CCC(=O)Nc2ccccc2O)nc2cc(S(=O)(=O)N3CCCCC3)ccc21. The smallest absolute Gasteiger partial charge is 0.243 e. The highest BCUT2D eigenvalue weighted by molar-refractivity contribution is 7.89. The molecule has 2 N–H and O–H groups in total. The van der Waals surface area contributed by atoms with Crippen molar-refractivity contribution in [3.63, 3.8) is 0 Å². The Morgan fingerprint density at radius 2 is 1.87 bits per heavy atom. The Labute approximate surface area is 181 Å². The molecule has 3 aromatic rings. The lowest BCUT2D eigenvalue weighted by molar-refractivity contribution is -0.116. The Kier molecular flexibility index (Phi) is 5.97. The number of phenolic OH excluding ortho intramolecular Hbond substituents is 1. The Hall–Kier alpha value is -2.91. The lowest BCUT2D eigenvalue weighted by Crippen LogP contribution is -2.35. The maximum absolute atomic E-state index is 13.0. The molecule has 1 saturated heterocycles. The summed E-state index contributed by atoms with van der Waals surface area (Å²) >= 11 is 0. The average Bonchev–Trinajstić information content (AvgIpc) is 3.09. The highest BCUT2D eigenvalue weighted by Crippen LogP contribution is 2.25. The van der Waals surface area contributed by atoms with Gasteiger partial charge >= 0.3 is 0 Å². The first-order valence-electron chi connectivity index (χ1n) is 10.4. The Morgan fingerprint density at radius 1 is 1.13 bits per heavy atom. The minimum atomic E-state index is -3.53. The van der Waals surface area contributed by atoms with Gasteiger partial charge in [-0.3, -0.25) is 4.79 Å². The molecule has 1 fully saturated rings. The highest BCUT2D eigenvalue weighted by Gasteiger charge is 2.26. The maximum Gasteiger partial charge on any atom is 0.243 e. The molecule has 8 nitrogen and oxygen atoms in total. The number of carbonyl (C=O) groups is 1. The van der Waals surface area contributed by atoms with Crippen LogP contribution in [-0.4, -0.2) is 46.4 Å². The van der Waals surface area contributed by atoms with Crippen LogP contribution in [0.1, 0.15) is 31.5 Å². The van der Waals surface area contributed by atoms with Crippen molar-refractivity contribution in [3.8, 4) is 5.75 Å². The minimum Gasteiger partial charge on any atom is -0.506 e. The molecule has 0 radical (unpaired) electrons. The van der Waals surface area contributed by atoms with Gasteiger partial charge in [0.05, 0.1) is 21.6 Å². The van der Waals surface area contributed by atoms with Crippen LogP contribution in [0.3, 0.4) is 0 Å². The van der Waals surface area contributed by atoms with E-state index >= 15 is 0 Å². The second-order valence-corrected chi connectivity index (χ2v) is 9.71. The molecule has 0 bridgehead atoms. The fraction of sp³-hybridized carbons (Fsp3) is 0.364. The van der Waals surface area contributed by atoms with Gasteiger partial charge in [0.1, 0.15) is 11.6 Å². The van der Waals surface area contributed by atoms with Crippen molar-refractivity contribution >= 4 is 32.7 Å². The van der Waals surface area contributed by atoms with E-state index < -0.39 is 10.0 Å². The molecule has 4 rings (SSSR count). The average molecular weight is 443 g/mol. The number of sulfonamides is 1. The number of imidazole rings is 1. The quantitative estimate of drug-likeness (QED) is 0.571. The third kappa shape index (κ3) is 4.42. The predicted molar refractivity (Wildman–Crippen MR) is 118 cm³/mol. The topological polar surface area (TPSA) is 105 Å². The van der Waals surface area contributed by atoms with Crippen LogP contribution in [-0.2, 0) is 28.3 Å². The zero-order chi connectivity index (χ0) is 22.0. The Morgan fingerprint density at radius 3 is 2.61 bits per heavy atom. The van der Waals surface area contributed by atoms with Crippen LogP contribution < -0.4 is 5.32 Å². The molecule has 2 heterocycles. The van der Waals surface area contributed by atoms with Gasteiger partial charge in [-0.2, -0.15) is 4.31 Å². The third-order valence-corrected chi connectivity index (χ3v) is 7.55. The molecule has 0 unspecified atom stereocenters. The summed E-state index contributed by atoms with van der Waals surface area (Å²) in [7, 11) is -1.67. The van der Waals surface area contributed by atoms with Crippen LogP contribution in [0.4, 0.5) is 5.69 Å². The number of aryl methyl sites for hydroxylation is 2. The van der Waals surface area contributed by atoms with E-state index in [-0.39, 0.29) is 23.0 Å². The van der Waals surface area contributed by atoms with Crippen molar-refractivity contribution in [2.45, 2.75) is 37.0 Å². The Bertz CT molecular complexity index is 1210. The molecule has 1 aliphatic heterocycles. The van der Waals surface area contributed by atoms with E-state index in [4.69, 9.17) is 0 Å². The van der Waals surface area contributed by atoms with Crippen LogP contribution in [0.2, 0.25) is 0 Å². The van der Waals surface area contributed by atoms with E-state index in [0.29, 0.717) is 36.5 Å². The summed E-state index contributed by atoms with van der Waals surface area (Å²) < 4.78 is 29.3. The van der Waals surface area contributed by atoms with Gasteiger partial charge in [-0.05, 0) is 43.2 Å². The number of amides is 1. The molecule has 164 valence electrons. The number of piperidine rings is 1. The van der Waals surface area contributed by atoms with Gasteiger partial charge in [0.2, 0.25) is 15.9 Å². The number of benzene rings is 2. The normalized spacial score (nSPS) is 15.3. The largest absolute Gasteiger partial charge is 0.506 e. The second kappa shape index (κ2) is 8.68. The summed E-state index contributed by atoms with van der Waals surface area (Å²) in [5, 5.41) is 12.5. The first-order chi connectivity index (χ1) is 14.9. The fourth-order valence-corrected chi connectivity index (χ4v) is 5.42. The van der Waals surface area contributed by atoms with Gasteiger partial charge in [-0.15, -0.1) is 0 Å². The molecular formula is C22H26N4O4S. The first kappa shape index (κ1) is 21.3. The van der Waals surface area contributed by atoms with E-state index in [2.05, 4.69) is 10.3 Å². The molecule has 0 spiro atoms. The van der Waals surface area contributed by atoms with Gasteiger partial charge < -0.3 is 15.0 Å². The summed E-state index contributed by atoms with van der Waals surface area (Å²) in [6.45, 7) is 1.11. The Balaban J connectivity index is 1.50. The fourth-order valence-electron chi connectivity index (χ4n) is 3.89. The van der Waals surface area contributed by atoms with Gasteiger partial charge in [-0.25, -0.2) is 13.4 Å². The van der Waals surface area contributed by atoms with Gasteiger partial charge in [0, 0.05) is 33.0 Å². The highest BCUT2D eigenvalue weighted by atomic mass is 32.2. The van der Waals surface area contributed by atoms with Gasteiger partial charge in [-0.1, -0.05) is 18.6 Å². The molecule has 0 aliphatic carbocycles. The molecule has 1 aromatic heterocycles. The molecular weight excluding hydrogens is 416 g/mol. The summed E-state index contributed by atoms with van der Waals surface area (Å²) in [6, 6.07) is 11.6. The molecule has 1 aliphatic rings. The van der Waals surface area contributed by atoms with E-state index in [0.717, 1.165) is 24.8 Å². The summed E-state index contributed by atoms with van der Waals surface area (Å²) in [4.78, 5) is 17.1. The van der Waals surface area contributed by atoms with E-state index in [1.807, 2.05) is 11.6 Å². The van der Waals surface area contributed by atoms with Crippen LogP contribution in [0.5, 0.6) is 5.75 Å². The van der Waals surface area contributed by atoms with Crippen LogP contribution in [0.25, 0.3) is 11.0 Å². The van der Waals surface area contributed by atoms with Crippen LogP contribution >= 0.6 is 0 Å². The summed E-state index contributed by atoms with van der Waals surface area (Å²) in [5.41, 5.74) is 1.77.